The van der Waals surface area contributed by atoms with Gasteiger partial charge in [-0.2, -0.15) is 0 Å². The van der Waals surface area contributed by atoms with Crippen molar-refractivity contribution in [2.24, 2.45) is 0 Å². The highest BCUT2D eigenvalue weighted by atomic mass is 35.5. The van der Waals surface area contributed by atoms with Crippen molar-refractivity contribution >= 4 is 22.5 Å². The highest BCUT2D eigenvalue weighted by molar-refractivity contribution is 6.35. The molecule has 0 unspecified atom stereocenters. The van der Waals surface area contributed by atoms with Crippen molar-refractivity contribution in [2.45, 2.75) is 44.9 Å². The SMILES string of the molecule is O[C@@H](CNCc1ccccc1)Cn1c2c(c3cccc(Cl)c31)CCCC2. The van der Waals surface area contributed by atoms with Crippen molar-refractivity contribution in [3.8, 4) is 0 Å². The van der Waals surface area contributed by atoms with Gasteiger partial charge in [0, 0.05) is 24.2 Å². The molecule has 2 N–H and O–H groups in total. The molecule has 26 heavy (non-hydrogen) atoms. The van der Waals surface area contributed by atoms with E-state index in [9.17, 15) is 5.11 Å². The van der Waals surface area contributed by atoms with Crippen LogP contribution in [0.3, 0.4) is 0 Å². The number of aryl methyl sites for hydroxylation is 1. The first kappa shape index (κ1) is 17.6. The lowest BCUT2D eigenvalue weighted by Crippen LogP contribution is -2.30. The van der Waals surface area contributed by atoms with Crippen molar-refractivity contribution in [2.75, 3.05) is 6.54 Å². The fourth-order valence-electron chi connectivity index (χ4n) is 4.10. The Kier molecular flexibility index (Phi) is 5.30. The zero-order chi connectivity index (χ0) is 17.9. The summed E-state index contributed by atoms with van der Waals surface area (Å²) < 4.78 is 2.26. The van der Waals surface area contributed by atoms with Gasteiger partial charge in [-0.05, 0) is 42.9 Å². The van der Waals surface area contributed by atoms with E-state index in [1.54, 1.807) is 0 Å². The number of para-hydroxylation sites is 1. The highest BCUT2D eigenvalue weighted by Gasteiger charge is 2.22. The molecule has 1 aromatic heterocycles. The van der Waals surface area contributed by atoms with Crippen LogP contribution in [0, 0.1) is 0 Å². The zero-order valence-corrected chi connectivity index (χ0v) is 15.7. The van der Waals surface area contributed by atoms with E-state index in [1.807, 2.05) is 30.3 Å². The molecule has 3 nitrogen and oxygen atoms in total. The molecule has 2 aromatic carbocycles. The summed E-state index contributed by atoms with van der Waals surface area (Å²) >= 11 is 6.53. The maximum Gasteiger partial charge on any atom is 0.0843 e. The molecule has 0 spiro atoms. The molecule has 1 aliphatic carbocycles. The van der Waals surface area contributed by atoms with Crippen molar-refractivity contribution in [1.29, 1.82) is 0 Å². The minimum absolute atomic E-state index is 0.448. The summed E-state index contributed by atoms with van der Waals surface area (Å²) in [6.07, 6.45) is 4.19. The highest BCUT2D eigenvalue weighted by Crippen LogP contribution is 2.35. The molecule has 0 amide bonds. The Morgan fingerprint density at radius 2 is 1.85 bits per heavy atom. The number of nitrogens with one attached hydrogen (secondary N) is 1. The van der Waals surface area contributed by atoms with E-state index in [0.29, 0.717) is 13.1 Å². The van der Waals surface area contributed by atoms with Gasteiger partial charge in [-0.25, -0.2) is 0 Å². The second kappa shape index (κ2) is 7.83. The van der Waals surface area contributed by atoms with E-state index in [2.05, 4.69) is 28.1 Å². The Balaban J connectivity index is 1.51. The first-order valence-corrected chi connectivity index (χ1v) is 9.83. The van der Waals surface area contributed by atoms with Crippen LogP contribution in [0.5, 0.6) is 0 Å². The van der Waals surface area contributed by atoms with Crippen molar-refractivity contribution in [3.63, 3.8) is 0 Å². The number of halogens is 1. The van der Waals surface area contributed by atoms with Crippen molar-refractivity contribution < 1.29 is 5.11 Å². The number of hydrogen-bond acceptors (Lipinski definition) is 2. The minimum Gasteiger partial charge on any atom is -0.390 e. The molecule has 136 valence electrons. The average Bonchev–Trinajstić information content (AvgIpc) is 2.98. The third-order valence-electron chi connectivity index (χ3n) is 5.29. The summed E-state index contributed by atoms with van der Waals surface area (Å²) in [6, 6.07) is 16.4. The van der Waals surface area contributed by atoms with Crippen molar-refractivity contribution in [1.82, 2.24) is 9.88 Å². The summed E-state index contributed by atoms with van der Waals surface area (Å²) in [6.45, 7) is 1.91. The Bertz CT molecular complexity index is 888. The normalized spacial score (nSPS) is 15.2. The van der Waals surface area contributed by atoms with Gasteiger partial charge in [0.2, 0.25) is 0 Å². The molecular formula is C22H25ClN2O. The van der Waals surface area contributed by atoms with Crippen LogP contribution in [0.25, 0.3) is 10.9 Å². The van der Waals surface area contributed by atoms with E-state index < -0.39 is 6.10 Å². The Labute approximate surface area is 159 Å². The molecule has 4 heteroatoms. The van der Waals surface area contributed by atoms with Gasteiger partial charge in [-0.3, -0.25) is 0 Å². The molecule has 0 bridgehead atoms. The maximum atomic E-state index is 10.6. The Morgan fingerprint density at radius 3 is 2.69 bits per heavy atom. The molecule has 0 saturated carbocycles. The molecule has 0 saturated heterocycles. The van der Waals surface area contributed by atoms with Gasteiger partial charge in [0.25, 0.3) is 0 Å². The Hall–Kier alpha value is -1.81. The first-order valence-electron chi connectivity index (χ1n) is 9.45. The van der Waals surface area contributed by atoms with Crippen LogP contribution < -0.4 is 5.32 Å². The minimum atomic E-state index is -0.448. The summed E-state index contributed by atoms with van der Waals surface area (Å²) in [4.78, 5) is 0. The van der Waals surface area contributed by atoms with E-state index in [0.717, 1.165) is 29.9 Å². The molecule has 0 fully saturated rings. The quantitative estimate of drug-likeness (QED) is 0.679. The van der Waals surface area contributed by atoms with E-state index >= 15 is 0 Å². The van der Waals surface area contributed by atoms with Gasteiger partial charge >= 0.3 is 0 Å². The second-order valence-electron chi connectivity index (χ2n) is 7.15. The van der Waals surface area contributed by atoms with Crippen LogP contribution in [0.2, 0.25) is 5.02 Å². The number of hydrogen-bond donors (Lipinski definition) is 2. The average molecular weight is 369 g/mol. The predicted octanol–water partition coefficient (Wildman–Crippen LogP) is 4.32. The predicted molar refractivity (Wildman–Crippen MR) is 108 cm³/mol. The first-order chi connectivity index (χ1) is 12.7. The van der Waals surface area contributed by atoms with Crippen LogP contribution in [-0.4, -0.2) is 22.3 Å². The van der Waals surface area contributed by atoms with Crippen LogP contribution >= 0.6 is 11.6 Å². The van der Waals surface area contributed by atoms with Crippen LogP contribution in [0.1, 0.15) is 29.7 Å². The lowest BCUT2D eigenvalue weighted by atomic mass is 9.95. The van der Waals surface area contributed by atoms with Crippen molar-refractivity contribution in [3.05, 3.63) is 70.4 Å². The van der Waals surface area contributed by atoms with Crippen LogP contribution in [0.4, 0.5) is 0 Å². The number of fused-ring (bicyclic) bond motifs is 3. The van der Waals surface area contributed by atoms with Crippen LogP contribution in [-0.2, 0) is 25.9 Å². The maximum absolute atomic E-state index is 10.6. The summed E-state index contributed by atoms with van der Waals surface area (Å²) in [5, 5.41) is 16.0. The van der Waals surface area contributed by atoms with Gasteiger partial charge < -0.3 is 15.0 Å². The van der Waals surface area contributed by atoms with Gasteiger partial charge in [-0.15, -0.1) is 0 Å². The fourth-order valence-corrected chi connectivity index (χ4v) is 4.38. The number of aliphatic hydroxyl groups excluding tert-OH is 1. The molecule has 0 radical (unpaired) electrons. The van der Waals surface area contributed by atoms with Gasteiger partial charge in [0.05, 0.1) is 23.2 Å². The molecule has 3 aromatic rings. The standard InChI is InChI=1S/C22H25ClN2O/c23-20-11-6-10-19-18-9-4-5-12-21(18)25(22(19)20)15-17(26)14-24-13-16-7-2-1-3-8-16/h1-3,6-8,10-11,17,24,26H,4-5,9,12-15H2/t17-/m0/s1. The third kappa shape index (κ3) is 3.52. The molecule has 1 heterocycles. The summed E-state index contributed by atoms with van der Waals surface area (Å²) in [5.74, 6) is 0. The van der Waals surface area contributed by atoms with Gasteiger partial charge in [0.15, 0.2) is 0 Å². The summed E-state index contributed by atoms with van der Waals surface area (Å²) in [5.41, 5.74) is 5.11. The topological polar surface area (TPSA) is 37.2 Å². The fraction of sp³-hybridized carbons (Fsp3) is 0.364. The van der Waals surface area contributed by atoms with E-state index in [4.69, 9.17) is 11.6 Å². The number of nitrogens with zero attached hydrogens (tertiary/aromatic N) is 1. The van der Waals surface area contributed by atoms with Gasteiger partial charge in [-0.1, -0.05) is 54.1 Å². The zero-order valence-electron chi connectivity index (χ0n) is 14.9. The lowest BCUT2D eigenvalue weighted by Gasteiger charge is -2.19. The summed E-state index contributed by atoms with van der Waals surface area (Å²) in [7, 11) is 0. The smallest absolute Gasteiger partial charge is 0.0843 e. The van der Waals surface area contributed by atoms with Gasteiger partial charge in [0.1, 0.15) is 0 Å². The largest absolute Gasteiger partial charge is 0.390 e. The molecule has 4 rings (SSSR count). The van der Waals surface area contributed by atoms with E-state index in [1.165, 1.54) is 35.0 Å². The van der Waals surface area contributed by atoms with E-state index in [-0.39, 0.29) is 0 Å². The third-order valence-corrected chi connectivity index (χ3v) is 5.60. The lowest BCUT2D eigenvalue weighted by molar-refractivity contribution is 0.151. The molecule has 1 aliphatic rings. The number of benzene rings is 2. The molecule has 0 aliphatic heterocycles. The molecular weight excluding hydrogens is 344 g/mol. The second-order valence-corrected chi connectivity index (χ2v) is 7.56. The van der Waals surface area contributed by atoms with Crippen LogP contribution in [0.15, 0.2) is 48.5 Å². The number of rotatable bonds is 6. The number of aromatic nitrogens is 1. The number of aliphatic hydroxyl groups is 1. The Morgan fingerprint density at radius 1 is 1.04 bits per heavy atom. The monoisotopic (exact) mass is 368 g/mol. The molecule has 1 atom stereocenters.